The van der Waals surface area contributed by atoms with Crippen molar-refractivity contribution in [1.29, 1.82) is 0 Å². The minimum Gasteiger partial charge on any atom is -0.508 e. The number of thiazole rings is 2. The van der Waals surface area contributed by atoms with Crippen LogP contribution in [0.4, 0.5) is 0 Å². The predicted octanol–water partition coefficient (Wildman–Crippen LogP) is 4.00. The van der Waals surface area contributed by atoms with Crippen LogP contribution in [0.5, 0.6) is 5.75 Å². The van der Waals surface area contributed by atoms with Crippen LogP contribution in [0.2, 0.25) is 0 Å². The molecular formula is C17H16N2O2S2. The molecule has 23 heavy (non-hydrogen) atoms. The normalized spacial score (nSPS) is 10.9. The molecule has 0 atom stereocenters. The summed E-state index contributed by atoms with van der Waals surface area (Å²) in [6, 6.07) is 7.22. The molecule has 2 aromatic heterocycles. The number of hydrogen-bond acceptors (Lipinski definition) is 6. The van der Waals surface area contributed by atoms with E-state index in [0.29, 0.717) is 12.8 Å². The lowest BCUT2D eigenvalue weighted by Crippen LogP contribution is -1.94. The summed E-state index contributed by atoms with van der Waals surface area (Å²) >= 11 is 3.13. The van der Waals surface area contributed by atoms with Crippen LogP contribution < -0.4 is 0 Å². The molecule has 0 radical (unpaired) electrons. The zero-order valence-corrected chi connectivity index (χ0v) is 14.5. The Morgan fingerprint density at radius 2 is 2.09 bits per heavy atom. The van der Waals surface area contributed by atoms with E-state index in [2.05, 4.69) is 9.97 Å². The third-order valence-electron chi connectivity index (χ3n) is 3.29. The SMILES string of the molecule is CC(=O)Cc1nc(C)c(-c2csc(Cc3cccc(O)c3)n2)s1. The molecule has 6 heteroatoms. The van der Waals surface area contributed by atoms with Gasteiger partial charge in [0.05, 0.1) is 27.7 Å². The van der Waals surface area contributed by atoms with Crippen molar-refractivity contribution in [2.45, 2.75) is 26.7 Å². The molecule has 0 bridgehead atoms. The Bertz CT molecular complexity index is 852. The van der Waals surface area contributed by atoms with Gasteiger partial charge in [-0.25, -0.2) is 9.97 Å². The van der Waals surface area contributed by atoms with Crippen molar-refractivity contribution < 1.29 is 9.90 Å². The van der Waals surface area contributed by atoms with E-state index in [4.69, 9.17) is 0 Å². The number of rotatable bonds is 5. The number of aromatic nitrogens is 2. The zero-order valence-electron chi connectivity index (χ0n) is 12.9. The van der Waals surface area contributed by atoms with Crippen molar-refractivity contribution in [3.63, 3.8) is 0 Å². The van der Waals surface area contributed by atoms with E-state index in [9.17, 15) is 9.90 Å². The number of phenolic OH excluding ortho intramolecular Hbond substituents is 1. The van der Waals surface area contributed by atoms with Gasteiger partial charge in [-0.1, -0.05) is 12.1 Å². The van der Waals surface area contributed by atoms with Crippen LogP contribution in [-0.4, -0.2) is 20.9 Å². The Labute approximate surface area is 142 Å². The van der Waals surface area contributed by atoms with E-state index in [1.165, 1.54) is 11.3 Å². The first kappa shape index (κ1) is 15.8. The molecule has 0 amide bonds. The Kier molecular flexibility index (Phi) is 4.54. The summed E-state index contributed by atoms with van der Waals surface area (Å²) in [6.45, 7) is 3.52. The summed E-state index contributed by atoms with van der Waals surface area (Å²) in [4.78, 5) is 21.4. The number of aryl methyl sites for hydroxylation is 1. The number of Topliss-reactive ketones (excluding diaryl/α,β-unsaturated/α-hetero) is 1. The van der Waals surface area contributed by atoms with E-state index >= 15 is 0 Å². The van der Waals surface area contributed by atoms with Gasteiger partial charge in [-0.15, -0.1) is 22.7 Å². The second-order valence-electron chi connectivity index (χ2n) is 5.37. The number of aromatic hydroxyl groups is 1. The van der Waals surface area contributed by atoms with Gasteiger partial charge >= 0.3 is 0 Å². The molecule has 0 spiro atoms. The van der Waals surface area contributed by atoms with Crippen LogP contribution >= 0.6 is 22.7 Å². The molecule has 0 aliphatic rings. The monoisotopic (exact) mass is 344 g/mol. The lowest BCUT2D eigenvalue weighted by Gasteiger charge is -1.98. The smallest absolute Gasteiger partial charge is 0.136 e. The van der Waals surface area contributed by atoms with Crippen LogP contribution in [0.15, 0.2) is 29.6 Å². The van der Waals surface area contributed by atoms with Crippen LogP contribution in [0, 0.1) is 6.92 Å². The first-order valence-corrected chi connectivity index (χ1v) is 8.89. The molecule has 0 saturated carbocycles. The van der Waals surface area contributed by atoms with E-state index < -0.39 is 0 Å². The number of hydrogen-bond donors (Lipinski definition) is 1. The van der Waals surface area contributed by atoms with Gasteiger partial charge in [-0.2, -0.15) is 0 Å². The highest BCUT2D eigenvalue weighted by Gasteiger charge is 2.14. The van der Waals surface area contributed by atoms with Gasteiger partial charge in [0, 0.05) is 11.8 Å². The topological polar surface area (TPSA) is 63.1 Å². The van der Waals surface area contributed by atoms with Crippen LogP contribution in [-0.2, 0) is 17.6 Å². The Morgan fingerprint density at radius 1 is 1.26 bits per heavy atom. The number of carbonyl (C=O) groups is 1. The highest BCUT2D eigenvalue weighted by Crippen LogP contribution is 2.32. The van der Waals surface area contributed by atoms with E-state index in [1.807, 2.05) is 24.4 Å². The fourth-order valence-electron chi connectivity index (χ4n) is 2.32. The summed E-state index contributed by atoms with van der Waals surface area (Å²) < 4.78 is 0. The van der Waals surface area contributed by atoms with E-state index in [0.717, 1.165) is 31.8 Å². The van der Waals surface area contributed by atoms with Gasteiger partial charge in [0.1, 0.15) is 16.5 Å². The molecule has 0 aliphatic carbocycles. The lowest BCUT2D eigenvalue weighted by molar-refractivity contribution is -0.116. The summed E-state index contributed by atoms with van der Waals surface area (Å²) in [7, 11) is 0. The fraction of sp³-hybridized carbons (Fsp3) is 0.235. The third kappa shape index (κ3) is 3.83. The Morgan fingerprint density at radius 3 is 2.83 bits per heavy atom. The predicted molar refractivity (Wildman–Crippen MR) is 93.3 cm³/mol. The summed E-state index contributed by atoms with van der Waals surface area (Å²) in [5, 5.41) is 13.4. The molecule has 0 fully saturated rings. The maximum Gasteiger partial charge on any atom is 0.136 e. The zero-order chi connectivity index (χ0) is 16.4. The maximum absolute atomic E-state index is 11.2. The van der Waals surface area contributed by atoms with E-state index in [-0.39, 0.29) is 11.5 Å². The molecular weight excluding hydrogens is 328 g/mol. The van der Waals surface area contributed by atoms with Crippen molar-refractivity contribution in [2.24, 2.45) is 0 Å². The van der Waals surface area contributed by atoms with Crippen molar-refractivity contribution in [3.8, 4) is 16.3 Å². The van der Waals surface area contributed by atoms with Crippen molar-refractivity contribution in [1.82, 2.24) is 9.97 Å². The first-order valence-electron chi connectivity index (χ1n) is 7.19. The molecule has 118 valence electrons. The second-order valence-corrected chi connectivity index (χ2v) is 7.40. The van der Waals surface area contributed by atoms with Gasteiger partial charge in [-0.3, -0.25) is 4.79 Å². The Hall–Kier alpha value is -2.05. The Balaban J connectivity index is 1.81. The average molecular weight is 344 g/mol. The highest BCUT2D eigenvalue weighted by molar-refractivity contribution is 7.16. The number of phenols is 1. The molecule has 4 nitrogen and oxygen atoms in total. The fourth-order valence-corrected chi connectivity index (χ4v) is 4.31. The molecule has 0 saturated heterocycles. The first-order chi connectivity index (χ1) is 11.0. The van der Waals surface area contributed by atoms with E-state index in [1.54, 1.807) is 30.4 Å². The largest absolute Gasteiger partial charge is 0.508 e. The molecule has 2 heterocycles. The minimum atomic E-state index is 0.119. The molecule has 3 aromatic rings. The van der Waals surface area contributed by atoms with Gasteiger partial charge in [0.25, 0.3) is 0 Å². The van der Waals surface area contributed by atoms with Gasteiger partial charge < -0.3 is 5.11 Å². The number of ketones is 1. The summed E-state index contributed by atoms with van der Waals surface area (Å²) in [5.41, 5.74) is 2.86. The molecule has 3 rings (SSSR count). The standard InChI is InChI=1S/C17H16N2O2S2/c1-10(20)6-16-18-11(2)17(23-16)14-9-22-15(19-14)8-12-4-3-5-13(21)7-12/h3-5,7,9,21H,6,8H2,1-2H3. The molecule has 1 N–H and O–H groups in total. The third-order valence-corrected chi connectivity index (χ3v) is 5.32. The second kappa shape index (κ2) is 6.60. The molecule has 0 unspecified atom stereocenters. The van der Waals surface area contributed by atoms with Crippen LogP contribution in [0.25, 0.3) is 10.6 Å². The van der Waals surface area contributed by atoms with Crippen molar-refractivity contribution in [2.75, 3.05) is 0 Å². The highest BCUT2D eigenvalue weighted by atomic mass is 32.1. The minimum absolute atomic E-state index is 0.119. The van der Waals surface area contributed by atoms with Crippen LogP contribution in [0.3, 0.4) is 0 Å². The summed E-state index contributed by atoms with van der Waals surface area (Å²) in [5.74, 6) is 0.389. The number of benzene rings is 1. The van der Waals surface area contributed by atoms with Gasteiger partial charge in [-0.05, 0) is 31.5 Å². The maximum atomic E-state index is 11.2. The van der Waals surface area contributed by atoms with Gasteiger partial charge in [0.2, 0.25) is 0 Å². The number of nitrogens with zero attached hydrogens (tertiary/aromatic N) is 2. The summed E-state index contributed by atoms with van der Waals surface area (Å²) in [6.07, 6.45) is 1.07. The quantitative estimate of drug-likeness (QED) is 0.760. The van der Waals surface area contributed by atoms with Crippen molar-refractivity contribution >= 4 is 28.5 Å². The molecule has 0 aliphatic heterocycles. The van der Waals surface area contributed by atoms with Crippen molar-refractivity contribution in [3.05, 3.63) is 50.9 Å². The van der Waals surface area contributed by atoms with Crippen LogP contribution in [0.1, 0.15) is 28.2 Å². The average Bonchev–Trinajstić information content (AvgIpc) is 3.05. The molecule has 1 aromatic carbocycles. The van der Waals surface area contributed by atoms with Gasteiger partial charge in [0.15, 0.2) is 0 Å². The number of carbonyl (C=O) groups excluding carboxylic acids is 1. The lowest BCUT2D eigenvalue weighted by atomic mass is 10.1.